The number of hydrogen-bond acceptors (Lipinski definition) is 3. The third-order valence-electron chi connectivity index (χ3n) is 3.21. The van der Waals surface area contributed by atoms with Gasteiger partial charge in [0.1, 0.15) is 0 Å². The third-order valence-corrected chi connectivity index (χ3v) is 3.74. The van der Waals surface area contributed by atoms with Gasteiger partial charge in [-0.15, -0.1) is 0 Å². The van der Waals surface area contributed by atoms with Crippen molar-refractivity contribution in [2.24, 2.45) is 0 Å². The van der Waals surface area contributed by atoms with E-state index in [9.17, 15) is 10.1 Å². The quantitative estimate of drug-likeness (QED) is 0.667. The van der Waals surface area contributed by atoms with Crippen LogP contribution in [0.25, 0.3) is 0 Å². The Morgan fingerprint density at radius 2 is 1.75 bits per heavy atom. The molecule has 2 aromatic carbocycles. The van der Waals surface area contributed by atoms with Crippen LogP contribution in [0, 0.1) is 10.1 Å². The number of nitro benzene ring substituents is 1. The fourth-order valence-corrected chi connectivity index (χ4v) is 2.34. The summed E-state index contributed by atoms with van der Waals surface area (Å²) in [5.74, 6) is 0. The van der Waals surface area contributed by atoms with E-state index < -0.39 is 0 Å². The summed E-state index contributed by atoms with van der Waals surface area (Å²) in [6.07, 6.45) is 0.788. The minimum Gasteiger partial charge on any atom is -0.313 e. The number of nitrogens with one attached hydrogen (secondary N) is 1. The Kier molecular flexibility index (Phi) is 4.87. The Hall–Kier alpha value is -1.72. The van der Waals surface area contributed by atoms with Crippen molar-refractivity contribution in [2.75, 3.05) is 7.05 Å². The Balaban J connectivity index is 2.13. The Morgan fingerprint density at radius 3 is 2.25 bits per heavy atom. The number of rotatable bonds is 5. The van der Waals surface area contributed by atoms with Crippen LogP contribution in [0.5, 0.6) is 0 Å². The van der Waals surface area contributed by atoms with E-state index in [4.69, 9.17) is 0 Å². The molecule has 0 aromatic heterocycles. The SMILES string of the molecule is CNC(Cc1ccc([N+](=O)[O-])cc1)c1ccc(Br)cc1. The van der Waals surface area contributed by atoms with E-state index >= 15 is 0 Å². The molecular weight excluding hydrogens is 320 g/mol. The summed E-state index contributed by atoms with van der Waals surface area (Å²) < 4.78 is 1.05. The largest absolute Gasteiger partial charge is 0.313 e. The number of benzene rings is 2. The summed E-state index contributed by atoms with van der Waals surface area (Å²) >= 11 is 3.42. The average Bonchev–Trinajstić information content (AvgIpc) is 2.46. The molecule has 1 unspecified atom stereocenters. The lowest BCUT2D eigenvalue weighted by Gasteiger charge is -2.16. The molecule has 0 aliphatic heterocycles. The number of likely N-dealkylation sites (N-methyl/N-ethyl adjacent to an activating group) is 1. The van der Waals surface area contributed by atoms with Crippen LogP contribution in [-0.2, 0) is 6.42 Å². The van der Waals surface area contributed by atoms with Crippen molar-refractivity contribution < 1.29 is 4.92 Å². The fraction of sp³-hybridized carbons (Fsp3) is 0.200. The van der Waals surface area contributed by atoms with Crippen molar-refractivity contribution in [3.8, 4) is 0 Å². The maximum atomic E-state index is 10.6. The number of hydrogen-bond donors (Lipinski definition) is 1. The maximum absolute atomic E-state index is 10.6. The third kappa shape index (κ3) is 3.65. The predicted molar refractivity (Wildman–Crippen MR) is 82.7 cm³/mol. The van der Waals surface area contributed by atoms with Gasteiger partial charge in [0.2, 0.25) is 0 Å². The van der Waals surface area contributed by atoms with Crippen LogP contribution >= 0.6 is 15.9 Å². The number of halogens is 1. The van der Waals surface area contributed by atoms with Crippen molar-refractivity contribution in [1.29, 1.82) is 0 Å². The molecule has 1 N–H and O–H groups in total. The zero-order valence-electron chi connectivity index (χ0n) is 11.0. The molecule has 5 heteroatoms. The first-order valence-electron chi connectivity index (χ1n) is 6.26. The number of non-ortho nitro benzene ring substituents is 1. The van der Waals surface area contributed by atoms with Gasteiger partial charge in [0.05, 0.1) is 4.92 Å². The van der Waals surface area contributed by atoms with Crippen LogP contribution in [0.2, 0.25) is 0 Å². The molecule has 1 atom stereocenters. The molecule has 0 amide bonds. The van der Waals surface area contributed by atoms with Crippen molar-refractivity contribution >= 4 is 21.6 Å². The minimum absolute atomic E-state index is 0.124. The van der Waals surface area contributed by atoms with Gasteiger partial charge in [-0.3, -0.25) is 10.1 Å². The van der Waals surface area contributed by atoms with Gasteiger partial charge < -0.3 is 5.32 Å². The van der Waals surface area contributed by atoms with Crippen LogP contribution in [0.1, 0.15) is 17.2 Å². The van der Waals surface area contributed by atoms with E-state index in [1.807, 2.05) is 19.2 Å². The topological polar surface area (TPSA) is 55.2 Å². The molecule has 2 aromatic rings. The second-order valence-electron chi connectivity index (χ2n) is 4.52. The average molecular weight is 335 g/mol. The molecule has 0 aliphatic rings. The minimum atomic E-state index is -0.381. The molecule has 0 radical (unpaired) electrons. The van der Waals surface area contributed by atoms with E-state index in [0.29, 0.717) is 0 Å². The summed E-state index contributed by atoms with van der Waals surface area (Å²) in [7, 11) is 1.91. The van der Waals surface area contributed by atoms with Crippen LogP contribution in [-0.4, -0.2) is 12.0 Å². The second kappa shape index (κ2) is 6.63. The number of nitro groups is 1. The van der Waals surface area contributed by atoms with Gasteiger partial charge in [-0.2, -0.15) is 0 Å². The summed E-state index contributed by atoms with van der Waals surface area (Å²) in [5.41, 5.74) is 2.38. The normalized spacial score (nSPS) is 12.1. The van der Waals surface area contributed by atoms with Crippen molar-refractivity contribution in [2.45, 2.75) is 12.5 Å². The first-order valence-corrected chi connectivity index (χ1v) is 7.05. The highest BCUT2D eigenvalue weighted by molar-refractivity contribution is 9.10. The summed E-state index contributed by atoms with van der Waals surface area (Å²) in [4.78, 5) is 10.3. The zero-order valence-corrected chi connectivity index (χ0v) is 12.6. The summed E-state index contributed by atoms with van der Waals surface area (Å²) in [6.45, 7) is 0. The molecule has 2 rings (SSSR count). The standard InChI is InChI=1S/C15H15BrN2O2/c1-17-15(12-4-6-13(16)7-5-12)10-11-2-8-14(9-3-11)18(19)20/h2-9,15,17H,10H2,1H3. The lowest BCUT2D eigenvalue weighted by Crippen LogP contribution is -2.18. The van der Waals surface area contributed by atoms with Gasteiger partial charge in [-0.1, -0.05) is 40.2 Å². The Morgan fingerprint density at radius 1 is 1.15 bits per heavy atom. The summed E-state index contributed by atoms with van der Waals surface area (Å²) in [5, 5.41) is 13.9. The highest BCUT2D eigenvalue weighted by atomic mass is 79.9. The molecule has 4 nitrogen and oxygen atoms in total. The Bertz CT molecular complexity index is 582. The van der Waals surface area contributed by atoms with Crippen LogP contribution in [0.15, 0.2) is 53.0 Å². The van der Waals surface area contributed by atoms with E-state index in [-0.39, 0.29) is 16.7 Å². The van der Waals surface area contributed by atoms with Crippen LogP contribution in [0.3, 0.4) is 0 Å². The highest BCUT2D eigenvalue weighted by Gasteiger charge is 2.11. The van der Waals surface area contributed by atoms with Crippen molar-refractivity contribution in [1.82, 2.24) is 5.32 Å². The fourth-order valence-electron chi connectivity index (χ4n) is 2.07. The molecule has 20 heavy (non-hydrogen) atoms. The number of nitrogens with zero attached hydrogens (tertiary/aromatic N) is 1. The molecule has 0 aliphatic carbocycles. The molecule has 0 saturated heterocycles. The van der Waals surface area contributed by atoms with Gasteiger partial charge in [-0.05, 0) is 36.7 Å². The second-order valence-corrected chi connectivity index (χ2v) is 5.44. The van der Waals surface area contributed by atoms with E-state index in [2.05, 4.69) is 33.4 Å². The molecule has 0 spiro atoms. The Labute approximate surface area is 126 Å². The maximum Gasteiger partial charge on any atom is 0.269 e. The van der Waals surface area contributed by atoms with Crippen molar-refractivity contribution in [3.63, 3.8) is 0 Å². The van der Waals surface area contributed by atoms with E-state index in [1.165, 1.54) is 5.56 Å². The van der Waals surface area contributed by atoms with Crippen LogP contribution < -0.4 is 5.32 Å². The monoisotopic (exact) mass is 334 g/mol. The lowest BCUT2D eigenvalue weighted by molar-refractivity contribution is -0.384. The highest BCUT2D eigenvalue weighted by Crippen LogP contribution is 2.21. The zero-order chi connectivity index (χ0) is 14.5. The van der Waals surface area contributed by atoms with Crippen LogP contribution in [0.4, 0.5) is 5.69 Å². The first-order chi connectivity index (χ1) is 9.60. The smallest absolute Gasteiger partial charge is 0.269 e. The van der Waals surface area contributed by atoms with E-state index in [0.717, 1.165) is 16.5 Å². The predicted octanol–water partition coefficient (Wildman–Crippen LogP) is 3.86. The van der Waals surface area contributed by atoms with Gasteiger partial charge in [-0.25, -0.2) is 0 Å². The van der Waals surface area contributed by atoms with Gasteiger partial charge >= 0.3 is 0 Å². The molecule has 104 valence electrons. The molecule has 0 saturated carbocycles. The van der Waals surface area contributed by atoms with Gasteiger partial charge in [0.25, 0.3) is 5.69 Å². The summed E-state index contributed by atoms with van der Waals surface area (Å²) in [6, 6.07) is 15.0. The first kappa shape index (κ1) is 14.7. The van der Waals surface area contributed by atoms with Crippen molar-refractivity contribution in [3.05, 3.63) is 74.2 Å². The van der Waals surface area contributed by atoms with Gasteiger partial charge in [0.15, 0.2) is 0 Å². The molecular formula is C15H15BrN2O2. The molecule has 0 fully saturated rings. The molecule has 0 bridgehead atoms. The van der Waals surface area contributed by atoms with Gasteiger partial charge in [0, 0.05) is 22.6 Å². The van der Waals surface area contributed by atoms with E-state index in [1.54, 1.807) is 24.3 Å². The lowest BCUT2D eigenvalue weighted by atomic mass is 9.99. The molecule has 0 heterocycles.